The van der Waals surface area contributed by atoms with Crippen molar-refractivity contribution in [2.45, 2.75) is 54.0 Å². The van der Waals surface area contributed by atoms with Crippen LogP contribution in [0.4, 0.5) is 5.69 Å². The molecule has 0 fully saturated rings. The van der Waals surface area contributed by atoms with Crippen molar-refractivity contribution in [3.8, 4) is 0 Å². The Morgan fingerprint density at radius 1 is 1.24 bits per heavy atom. The Morgan fingerprint density at radius 2 is 1.93 bits per heavy atom. The smallest absolute Gasteiger partial charge is 0.253 e. The van der Waals surface area contributed by atoms with Crippen LogP contribution in [-0.2, 0) is 6.54 Å². The molecular weight excluding hydrogens is 386 g/mol. The number of hydrogen-bond donors (Lipinski definition) is 2. The number of carbonyl (C=O) groups is 1. The summed E-state index contributed by atoms with van der Waals surface area (Å²) in [7, 11) is 2.03. The van der Waals surface area contributed by atoms with Crippen LogP contribution in [0.5, 0.6) is 0 Å². The molecule has 1 amide bonds. The monoisotopic (exact) mass is 417 g/mol. The van der Waals surface area contributed by atoms with Gasteiger partial charge in [-0.1, -0.05) is 31.9 Å². The lowest BCUT2D eigenvalue weighted by Gasteiger charge is -2.26. The number of pyridine rings is 1. The average molecular weight is 418 g/mol. The van der Waals surface area contributed by atoms with Crippen LogP contribution in [0.1, 0.15) is 59.4 Å². The molecule has 0 spiro atoms. The molecule has 0 aliphatic carbocycles. The van der Waals surface area contributed by atoms with E-state index >= 15 is 0 Å². The van der Waals surface area contributed by atoms with Crippen LogP contribution in [0, 0.1) is 26.7 Å². The van der Waals surface area contributed by atoms with E-state index in [4.69, 9.17) is 11.6 Å². The molecule has 1 aromatic carbocycles. The van der Waals surface area contributed by atoms with Crippen molar-refractivity contribution in [2.75, 3.05) is 18.5 Å². The highest BCUT2D eigenvalue weighted by molar-refractivity contribution is 6.31. The largest absolute Gasteiger partial charge is 0.374 e. The molecule has 1 atom stereocenters. The van der Waals surface area contributed by atoms with Crippen molar-refractivity contribution in [2.24, 2.45) is 5.92 Å². The zero-order valence-corrected chi connectivity index (χ0v) is 19.0. The fourth-order valence-electron chi connectivity index (χ4n) is 3.81. The lowest BCUT2D eigenvalue weighted by Crippen LogP contribution is -2.29. The number of rotatable bonds is 8. The van der Waals surface area contributed by atoms with Gasteiger partial charge in [-0.15, -0.1) is 0 Å². The predicted octanol–water partition coefficient (Wildman–Crippen LogP) is 4.76. The number of nitrogens with one attached hydrogen (secondary N) is 2. The lowest BCUT2D eigenvalue weighted by molar-refractivity contribution is 0.0950. The SMILES string of the molecule is CCCC(C)CN(C)c1cc(Cl)cc(C(=O)NCc2c(C)cc(C)[nH]c2=O)c1C. The van der Waals surface area contributed by atoms with Gasteiger partial charge in [-0.25, -0.2) is 0 Å². The summed E-state index contributed by atoms with van der Waals surface area (Å²) in [4.78, 5) is 30.0. The third-order valence-electron chi connectivity index (χ3n) is 5.29. The standard InChI is InChI=1S/C23H32ClN3O2/c1-7-8-14(2)13-27(6)21-11-18(24)10-19(17(21)5)22(28)25-12-20-15(3)9-16(4)26-23(20)29/h9-11,14H,7-8,12-13H2,1-6H3,(H,25,28)(H,26,29). The van der Waals surface area contributed by atoms with Crippen LogP contribution in [-0.4, -0.2) is 24.5 Å². The van der Waals surface area contributed by atoms with E-state index in [-0.39, 0.29) is 18.0 Å². The minimum Gasteiger partial charge on any atom is -0.374 e. The minimum absolute atomic E-state index is 0.170. The number of anilines is 1. The first-order chi connectivity index (χ1) is 13.6. The number of benzene rings is 1. The molecule has 1 heterocycles. The number of hydrogen-bond acceptors (Lipinski definition) is 3. The summed E-state index contributed by atoms with van der Waals surface area (Å²) in [6.07, 6.45) is 2.30. The highest BCUT2D eigenvalue weighted by Crippen LogP contribution is 2.28. The second-order valence-corrected chi connectivity index (χ2v) is 8.43. The van der Waals surface area contributed by atoms with Crippen molar-refractivity contribution in [3.63, 3.8) is 0 Å². The van der Waals surface area contributed by atoms with E-state index in [1.54, 1.807) is 6.07 Å². The molecule has 29 heavy (non-hydrogen) atoms. The molecule has 1 aromatic heterocycles. The number of aromatic nitrogens is 1. The average Bonchev–Trinajstić information content (AvgIpc) is 2.62. The quantitative estimate of drug-likeness (QED) is 0.651. The summed E-state index contributed by atoms with van der Waals surface area (Å²) >= 11 is 6.33. The Hall–Kier alpha value is -2.27. The molecule has 0 aliphatic rings. The Labute approximate surface area is 178 Å². The van der Waals surface area contributed by atoms with Crippen molar-refractivity contribution in [3.05, 3.63) is 61.5 Å². The first-order valence-corrected chi connectivity index (χ1v) is 10.5. The Balaban J connectivity index is 2.23. The van der Waals surface area contributed by atoms with Gasteiger partial charge in [0.05, 0.1) is 0 Å². The van der Waals surface area contributed by atoms with Gasteiger partial charge in [-0.2, -0.15) is 0 Å². The van der Waals surface area contributed by atoms with Crippen LogP contribution in [0.15, 0.2) is 23.0 Å². The van der Waals surface area contributed by atoms with Gasteiger partial charge in [-0.05, 0) is 62.4 Å². The molecule has 0 bridgehead atoms. The summed E-state index contributed by atoms with van der Waals surface area (Å²) < 4.78 is 0. The Bertz CT molecular complexity index is 936. The zero-order chi connectivity index (χ0) is 21.7. The lowest BCUT2D eigenvalue weighted by atomic mass is 10.0. The number of aryl methyl sites for hydroxylation is 2. The molecule has 0 saturated heterocycles. The second-order valence-electron chi connectivity index (χ2n) is 8.00. The van der Waals surface area contributed by atoms with Gasteiger partial charge >= 0.3 is 0 Å². The summed E-state index contributed by atoms with van der Waals surface area (Å²) in [6, 6.07) is 5.49. The van der Waals surface area contributed by atoms with Gasteiger partial charge in [0.15, 0.2) is 0 Å². The highest BCUT2D eigenvalue weighted by Gasteiger charge is 2.17. The topological polar surface area (TPSA) is 65.2 Å². The summed E-state index contributed by atoms with van der Waals surface area (Å²) in [6.45, 7) is 11.1. The third-order valence-corrected chi connectivity index (χ3v) is 5.51. The first-order valence-electron chi connectivity index (χ1n) is 10.1. The van der Waals surface area contributed by atoms with E-state index < -0.39 is 0 Å². The Morgan fingerprint density at radius 3 is 2.55 bits per heavy atom. The molecule has 1 unspecified atom stereocenters. The molecular formula is C23H32ClN3O2. The van der Waals surface area contributed by atoms with Crippen molar-refractivity contribution >= 4 is 23.2 Å². The van der Waals surface area contributed by atoms with E-state index in [1.165, 1.54) is 0 Å². The van der Waals surface area contributed by atoms with E-state index in [0.29, 0.717) is 22.1 Å². The van der Waals surface area contributed by atoms with Crippen LogP contribution in [0.25, 0.3) is 0 Å². The molecule has 2 N–H and O–H groups in total. The van der Waals surface area contributed by atoms with Gasteiger partial charge in [0.2, 0.25) is 0 Å². The van der Waals surface area contributed by atoms with Crippen LogP contribution >= 0.6 is 11.6 Å². The molecule has 5 nitrogen and oxygen atoms in total. The number of H-pyrrole nitrogens is 1. The number of carbonyl (C=O) groups excluding carboxylic acids is 1. The van der Waals surface area contributed by atoms with Crippen LogP contribution in [0.2, 0.25) is 5.02 Å². The van der Waals surface area contributed by atoms with Gasteiger partial charge in [0, 0.05) is 47.7 Å². The zero-order valence-electron chi connectivity index (χ0n) is 18.3. The van der Waals surface area contributed by atoms with Crippen molar-refractivity contribution in [1.82, 2.24) is 10.3 Å². The van der Waals surface area contributed by atoms with Gasteiger partial charge in [0.25, 0.3) is 11.5 Å². The summed E-state index contributed by atoms with van der Waals surface area (Å²) in [5.41, 5.74) is 4.43. The number of nitrogens with zero attached hydrogens (tertiary/aromatic N) is 1. The summed E-state index contributed by atoms with van der Waals surface area (Å²) in [5.74, 6) is 0.317. The molecule has 0 radical (unpaired) electrons. The maximum atomic E-state index is 12.9. The van der Waals surface area contributed by atoms with Gasteiger partial charge < -0.3 is 15.2 Å². The van der Waals surface area contributed by atoms with E-state index in [9.17, 15) is 9.59 Å². The van der Waals surface area contributed by atoms with Crippen LogP contribution in [0.3, 0.4) is 0 Å². The predicted molar refractivity (Wildman–Crippen MR) is 121 cm³/mol. The van der Waals surface area contributed by atoms with Crippen LogP contribution < -0.4 is 15.8 Å². The minimum atomic E-state index is -0.236. The maximum Gasteiger partial charge on any atom is 0.253 e. The molecule has 0 aliphatic heterocycles. The number of halogens is 1. The second kappa shape index (κ2) is 9.97. The van der Waals surface area contributed by atoms with Gasteiger partial charge in [0.1, 0.15) is 0 Å². The van der Waals surface area contributed by atoms with E-state index in [0.717, 1.165) is 41.9 Å². The fraction of sp³-hybridized carbons (Fsp3) is 0.478. The number of amides is 1. The normalized spacial score (nSPS) is 12.0. The number of aromatic amines is 1. The molecule has 6 heteroatoms. The molecule has 2 aromatic rings. The van der Waals surface area contributed by atoms with Gasteiger partial charge in [-0.3, -0.25) is 9.59 Å². The molecule has 2 rings (SSSR count). The Kier molecular flexibility index (Phi) is 7.91. The molecule has 158 valence electrons. The first kappa shape index (κ1) is 23.0. The van der Waals surface area contributed by atoms with E-state index in [2.05, 4.69) is 29.0 Å². The fourth-order valence-corrected chi connectivity index (χ4v) is 4.02. The summed E-state index contributed by atoms with van der Waals surface area (Å²) in [5, 5.41) is 3.40. The third kappa shape index (κ3) is 5.86. The van der Waals surface area contributed by atoms with Crippen molar-refractivity contribution < 1.29 is 4.79 Å². The van der Waals surface area contributed by atoms with E-state index in [1.807, 2.05) is 40.0 Å². The maximum absolute atomic E-state index is 12.9. The highest BCUT2D eigenvalue weighted by atomic mass is 35.5. The molecule has 0 saturated carbocycles. The van der Waals surface area contributed by atoms with Crippen molar-refractivity contribution in [1.29, 1.82) is 0 Å².